The van der Waals surface area contributed by atoms with Gasteiger partial charge in [0.05, 0.1) is 5.92 Å². The minimum absolute atomic E-state index is 0.0647. The number of carbonyl (C=O) groups is 2. The highest BCUT2D eigenvalue weighted by atomic mass is 32.2. The van der Waals surface area contributed by atoms with Crippen molar-refractivity contribution in [2.45, 2.75) is 24.4 Å². The maximum atomic E-state index is 13.4. The Kier molecular flexibility index (Phi) is 5.36. The summed E-state index contributed by atoms with van der Waals surface area (Å²) >= 11 is 1.75. The van der Waals surface area contributed by atoms with E-state index in [1.807, 2.05) is 30.5 Å². The van der Waals surface area contributed by atoms with Crippen LogP contribution in [0.25, 0.3) is 0 Å². The van der Waals surface area contributed by atoms with E-state index in [0.717, 1.165) is 23.4 Å². The van der Waals surface area contributed by atoms with Crippen molar-refractivity contribution in [2.75, 3.05) is 29.3 Å². The van der Waals surface area contributed by atoms with E-state index >= 15 is 0 Å². The van der Waals surface area contributed by atoms with Gasteiger partial charge in [0.15, 0.2) is 0 Å². The highest BCUT2D eigenvalue weighted by Crippen LogP contribution is 2.49. The molecule has 5 nitrogen and oxygen atoms in total. The summed E-state index contributed by atoms with van der Waals surface area (Å²) in [5.74, 6) is -0.302. The van der Waals surface area contributed by atoms with Gasteiger partial charge in [-0.2, -0.15) is 11.8 Å². The first-order chi connectivity index (χ1) is 14.0. The molecule has 1 fully saturated rings. The molecule has 0 aliphatic carbocycles. The van der Waals surface area contributed by atoms with Gasteiger partial charge in [-0.05, 0) is 55.2 Å². The molecule has 2 aromatic rings. The summed E-state index contributed by atoms with van der Waals surface area (Å²) in [5, 5.41) is 6.42. The van der Waals surface area contributed by atoms with Gasteiger partial charge in [-0.15, -0.1) is 0 Å². The third-order valence-corrected chi connectivity index (χ3v) is 6.55. The summed E-state index contributed by atoms with van der Waals surface area (Å²) in [5.41, 5.74) is 1.12. The fourth-order valence-electron chi connectivity index (χ4n) is 4.52. The number of benzene rings is 2. The van der Waals surface area contributed by atoms with Gasteiger partial charge in [-0.1, -0.05) is 18.2 Å². The molecule has 0 saturated carbocycles. The van der Waals surface area contributed by atoms with Gasteiger partial charge in [0.1, 0.15) is 11.4 Å². The number of likely N-dealkylation sites (N-methyl/N-ethyl adjacent to an activating group) is 1. The van der Waals surface area contributed by atoms with E-state index < -0.39 is 11.5 Å². The number of thioether (sulfide) groups is 1. The van der Waals surface area contributed by atoms with E-state index in [0.29, 0.717) is 12.1 Å². The number of amides is 2. The Labute approximate surface area is 174 Å². The number of nitrogens with one attached hydrogen (secondary N) is 2. The highest BCUT2D eigenvalue weighted by molar-refractivity contribution is 7.98. The van der Waals surface area contributed by atoms with Gasteiger partial charge in [0.2, 0.25) is 5.91 Å². The molecule has 2 N–H and O–H groups in total. The molecule has 0 unspecified atom stereocenters. The number of nitrogens with zero attached hydrogens (tertiary/aromatic N) is 1. The van der Waals surface area contributed by atoms with Crippen LogP contribution in [0, 0.1) is 11.7 Å². The summed E-state index contributed by atoms with van der Waals surface area (Å²) in [4.78, 5) is 28.4. The van der Waals surface area contributed by atoms with Gasteiger partial charge < -0.3 is 10.2 Å². The SMILES string of the molecule is CSCC[C@@H]1C[C@H](C(=O)Nc2ccc(F)cc2)[C@@]2(N1)C(=O)N(C)c1ccccc12. The molecule has 0 radical (unpaired) electrons. The zero-order valence-electron chi connectivity index (χ0n) is 16.4. The number of carbonyl (C=O) groups excluding carboxylic acids is 2. The van der Waals surface area contributed by atoms with E-state index in [-0.39, 0.29) is 23.7 Å². The van der Waals surface area contributed by atoms with Crippen LogP contribution < -0.4 is 15.5 Å². The van der Waals surface area contributed by atoms with Crippen molar-refractivity contribution in [1.29, 1.82) is 0 Å². The minimum Gasteiger partial charge on any atom is -0.326 e. The third-order valence-electron chi connectivity index (χ3n) is 5.91. The standard InChI is InChI=1S/C22H24FN3O2S/c1-26-19-6-4-3-5-17(19)22(21(26)28)18(13-16(25-22)11-12-29-2)20(27)24-15-9-7-14(23)8-10-15/h3-10,16,18,25H,11-13H2,1-2H3,(H,24,27)/t16-,18-,22-/m1/s1. The molecular weight excluding hydrogens is 389 g/mol. The number of anilines is 2. The maximum Gasteiger partial charge on any atom is 0.252 e. The van der Waals surface area contributed by atoms with Crippen molar-refractivity contribution in [1.82, 2.24) is 5.32 Å². The molecule has 1 saturated heterocycles. The summed E-state index contributed by atoms with van der Waals surface area (Å²) in [6.07, 6.45) is 3.50. The van der Waals surface area contributed by atoms with E-state index in [1.54, 1.807) is 23.7 Å². The van der Waals surface area contributed by atoms with Crippen molar-refractivity contribution in [2.24, 2.45) is 5.92 Å². The normalized spacial score (nSPS) is 25.5. The molecule has 7 heteroatoms. The van der Waals surface area contributed by atoms with Crippen LogP contribution in [-0.2, 0) is 15.1 Å². The van der Waals surface area contributed by atoms with Gasteiger partial charge in [-0.25, -0.2) is 4.39 Å². The van der Waals surface area contributed by atoms with Gasteiger partial charge in [-0.3, -0.25) is 14.9 Å². The lowest BCUT2D eigenvalue weighted by Gasteiger charge is -2.30. The zero-order chi connectivity index (χ0) is 20.6. The van der Waals surface area contributed by atoms with Crippen LogP contribution in [-0.4, -0.2) is 36.9 Å². The van der Waals surface area contributed by atoms with Gasteiger partial charge in [0.25, 0.3) is 5.91 Å². The molecule has 2 heterocycles. The molecule has 3 atom stereocenters. The summed E-state index contributed by atoms with van der Waals surface area (Å²) in [7, 11) is 1.75. The van der Waals surface area contributed by atoms with Crippen LogP contribution in [0.2, 0.25) is 0 Å². The number of hydrogen-bond donors (Lipinski definition) is 2. The van der Waals surface area contributed by atoms with E-state index in [4.69, 9.17) is 0 Å². The second kappa shape index (κ2) is 7.80. The fraction of sp³-hybridized carbons (Fsp3) is 0.364. The van der Waals surface area contributed by atoms with E-state index in [2.05, 4.69) is 10.6 Å². The van der Waals surface area contributed by atoms with Crippen LogP contribution in [0.1, 0.15) is 18.4 Å². The monoisotopic (exact) mass is 413 g/mol. The lowest BCUT2D eigenvalue weighted by Crippen LogP contribution is -2.54. The lowest BCUT2D eigenvalue weighted by atomic mass is 9.79. The summed E-state index contributed by atoms with van der Waals surface area (Å²) in [6.45, 7) is 0. The van der Waals surface area contributed by atoms with Crippen LogP contribution in [0.3, 0.4) is 0 Å². The molecular formula is C22H24FN3O2S. The minimum atomic E-state index is -1.07. The Balaban J connectivity index is 1.71. The van der Waals surface area contributed by atoms with Crippen molar-refractivity contribution in [3.63, 3.8) is 0 Å². The fourth-order valence-corrected chi connectivity index (χ4v) is 5.04. The Morgan fingerprint density at radius 1 is 1.28 bits per heavy atom. The Morgan fingerprint density at radius 2 is 2.00 bits per heavy atom. The maximum absolute atomic E-state index is 13.4. The molecule has 1 spiro atoms. The second-order valence-corrected chi connectivity index (χ2v) is 8.58. The molecule has 2 aliphatic rings. The number of fused-ring (bicyclic) bond motifs is 2. The highest BCUT2D eigenvalue weighted by Gasteiger charge is 2.61. The Bertz CT molecular complexity index is 936. The topological polar surface area (TPSA) is 61.4 Å². The average Bonchev–Trinajstić information content (AvgIpc) is 3.22. The molecule has 2 amide bonds. The first-order valence-corrected chi connectivity index (χ1v) is 11.1. The van der Waals surface area contributed by atoms with Crippen molar-refractivity contribution in [3.05, 3.63) is 59.9 Å². The van der Waals surface area contributed by atoms with Crippen molar-refractivity contribution < 1.29 is 14.0 Å². The van der Waals surface area contributed by atoms with Crippen LogP contribution in [0.4, 0.5) is 15.8 Å². The number of hydrogen-bond acceptors (Lipinski definition) is 4. The predicted molar refractivity (Wildman–Crippen MR) is 115 cm³/mol. The van der Waals surface area contributed by atoms with Crippen LogP contribution >= 0.6 is 11.8 Å². The summed E-state index contributed by atoms with van der Waals surface area (Å²) < 4.78 is 13.2. The van der Waals surface area contributed by atoms with Crippen molar-refractivity contribution >= 4 is 35.0 Å². The average molecular weight is 414 g/mol. The quantitative estimate of drug-likeness (QED) is 0.789. The third kappa shape index (κ3) is 3.32. The molecule has 152 valence electrons. The van der Waals surface area contributed by atoms with Crippen molar-refractivity contribution in [3.8, 4) is 0 Å². The number of halogens is 1. The Morgan fingerprint density at radius 3 is 2.72 bits per heavy atom. The first kappa shape index (κ1) is 19.9. The van der Waals surface area contributed by atoms with Crippen LogP contribution in [0.5, 0.6) is 0 Å². The largest absolute Gasteiger partial charge is 0.326 e. The molecule has 29 heavy (non-hydrogen) atoms. The number of rotatable bonds is 5. The summed E-state index contributed by atoms with van der Waals surface area (Å²) in [6, 6.07) is 13.4. The molecule has 2 aromatic carbocycles. The predicted octanol–water partition coefficient (Wildman–Crippen LogP) is 3.37. The molecule has 0 bridgehead atoms. The molecule has 0 aromatic heterocycles. The number of para-hydroxylation sites is 1. The smallest absolute Gasteiger partial charge is 0.252 e. The van der Waals surface area contributed by atoms with Crippen LogP contribution in [0.15, 0.2) is 48.5 Å². The Hall–Kier alpha value is -2.38. The lowest BCUT2D eigenvalue weighted by molar-refractivity contribution is -0.131. The first-order valence-electron chi connectivity index (χ1n) is 9.68. The van der Waals surface area contributed by atoms with Gasteiger partial charge in [0, 0.05) is 30.0 Å². The van der Waals surface area contributed by atoms with Gasteiger partial charge >= 0.3 is 0 Å². The van der Waals surface area contributed by atoms with E-state index in [1.165, 1.54) is 24.3 Å². The molecule has 2 aliphatic heterocycles. The molecule has 4 rings (SSSR count). The second-order valence-electron chi connectivity index (χ2n) is 7.60. The van der Waals surface area contributed by atoms with E-state index in [9.17, 15) is 14.0 Å². The zero-order valence-corrected chi connectivity index (χ0v) is 17.3.